The molecular formula is C17H18F2N4O3. The number of nitrogens with zero attached hydrogens (tertiary/aromatic N) is 2. The summed E-state index contributed by atoms with van der Waals surface area (Å²) in [7, 11) is 0. The van der Waals surface area contributed by atoms with Crippen LogP contribution in [0.3, 0.4) is 0 Å². The molecule has 0 spiro atoms. The number of likely N-dealkylation sites (tertiary alicyclic amines) is 1. The molecule has 2 aliphatic rings. The maximum absolute atomic E-state index is 13.8. The predicted octanol–water partition coefficient (Wildman–Crippen LogP) is 1.77. The summed E-state index contributed by atoms with van der Waals surface area (Å²) in [5.74, 6) is -1.94. The van der Waals surface area contributed by atoms with Crippen molar-refractivity contribution in [1.82, 2.24) is 15.1 Å². The number of hydrogen-bond donors (Lipinski definition) is 2. The predicted molar refractivity (Wildman–Crippen MR) is 88.3 cm³/mol. The van der Waals surface area contributed by atoms with Crippen molar-refractivity contribution in [3.8, 4) is 11.5 Å². The molecule has 0 aliphatic carbocycles. The molecule has 2 N–H and O–H groups in total. The molecule has 1 saturated heterocycles. The fourth-order valence-corrected chi connectivity index (χ4v) is 3.33. The van der Waals surface area contributed by atoms with E-state index in [1.165, 1.54) is 0 Å². The molecule has 2 atom stereocenters. The third kappa shape index (κ3) is 2.88. The molecule has 138 valence electrons. The van der Waals surface area contributed by atoms with Crippen LogP contribution in [0.15, 0.2) is 12.1 Å². The lowest BCUT2D eigenvalue weighted by Gasteiger charge is -2.28. The number of halogens is 2. The van der Waals surface area contributed by atoms with Gasteiger partial charge in [-0.3, -0.25) is 14.8 Å². The fraction of sp³-hybridized carbons (Fsp3) is 0.412. The Morgan fingerprint density at radius 2 is 1.81 bits per heavy atom. The SMILES string of the molecule is Cc1n[nH]c(C)c1NC(=O)CN1C[C@@H]2Oc3c(F)ccc(F)c3O[C@@H]2C1. The van der Waals surface area contributed by atoms with Crippen molar-refractivity contribution in [2.45, 2.75) is 26.1 Å². The summed E-state index contributed by atoms with van der Waals surface area (Å²) in [6.07, 6.45) is -0.909. The molecule has 3 heterocycles. The van der Waals surface area contributed by atoms with Crippen LogP contribution in [-0.2, 0) is 4.79 Å². The van der Waals surface area contributed by atoms with Gasteiger partial charge in [0.15, 0.2) is 11.6 Å². The number of ether oxygens (including phenoxy) is 2. The molecule has 1 fully saturated rings. The van der Waals surface area contributed by atoms with Crippen molar-refractivity contribution in [1.29, 1.82) is 0 Å². The average Bonchev–Trinajstić information content (AvgIpc) is 3.13. The standard InChI is InChI=1S/C17H18F2N4O3/c1-8-15(9(2)22-21-8)20-14(24)7-23-5-12-13(6-23)26-17-11(19)4-3-10(18)16(17)25-12/h3-4,12-13H,5-7H2,1-2H3,(H,20,24)(H,21,22)/t12-,13+. The summed E-state index contributed by atoms with van der Waals surface area (Å²) in [5, 5.41) is 9.67. The number of anilines is 1. The van der Waals surface area contributed by atoms with Gasteiger partial charge in [0.25, 0.3) is 0 Å². The molecule has 0 radical (unpaired) electrons. The lowest BCUT2D eigenvalue weighted by Crippen LogP contribution is -2.39. The third-order valence-corrected chi connectivity index (χ3v) is 4.61. The van der Waals surface area contributed by atoms with E-state index in [1.54, 1.807) is 6.92 Å². The first-order valence-electron chi connectivity index (χ1n) is 8.27. The van der Waals surface area contributed by atoms with Crippen LogP contribution in [0.25, 0.3) is 0 Å². The van der Waals surface area contributed by atoms with E-state index >= 15 is 0 Å². The minimum Gasteiger partial charge on any atom is -0.478 e. The van der Waals surface area contributed by atoms with Crippen LogP contribution in [0.5, 0.6) is 11.5 Å². The van der Waals surface area contributed by atoms with Crippen LogP contribution in [0.4, 0.5) is 14.5 Å². The molecule has 1 amide bonds. The van der Waals surface area contributed by atoms with Gasteiger partial charge in [0.1, 0.15) is 12.2 Å². The second-order valence-corrected chi connectivity index (χ2v) is 6.55. The Kier molecular flexibility index (Phi) is 4.03. The number of carbonyl (C=O) groups is 1. The summed E-state index contributed by atoms with van der Waals surface area (Å²) in [6.45, 7) is 4.51. The first-order valence-corrected chi connectivity index (χ1v) is 8.27. The molecule has 0 unspecified atom stereocenters. The molecule has 9 heteroatoms. The molecule has 2 aliphatic heterocycles. The van der Waals surface area contributed by atoms with Gasteiger partial charge in [0, 0.05) is 13.1 Å². The van der Waals surface area contributed by atoms with E-state index < -0.39 is 23.8 Å². The van der Waals surface area contributed by atoms with Crippen LogP contribution in [0, 0.1) is 25.5 Å². The summed E-state index contributed by atoms with van der Waals surface area (Å²) in [4.78, 5) is 14.1. The first kappa shape index (κ1) is 16.8. The second kappa shape index (κ2) is 6.24. The number of amides is 1. The fourth-order valence-electron chi connectivity index (χ4n) is 3.33. The van der Waals surface area contributed by atoms with Crippen LogP contribution >= 0.6 is 0 Å². The summed E-state index contributed by atoms with van der Waals surface area (Å²) in [5.41, 5.74) is 2.15. The number of benzene rings is 1. The Bertz CT molecular complexity index is 811. The van der Waals surface area contributed by atoms with E-state index in [2.05, 4.69) is 15.5 Å². The quantitative estimate of drug-likeness (QED) is 0.868. The van der Waals surface area contributed by atoms with E-state index in [4.69, 9.17) is 9.47 Å². The van der Waals surface area contributed by atoms with E-state index in [9.17, 15) is 13.6 Å². The van der Waals surface area contributed by atoms with Gasteiger partial charge in [0.05, 0.1) is 23.6 Å². The Morgan fingerprint density at radius 3 is 2.31 bits per heavy atom. The molecule has 0 saturated carbocycles. The lowest BCUT2D eigenvalue weighted by molar-refractivity contribution is -0.117. The zero-order chi connectivity index (χ0) is 18.4. The van der Waals surface area contributed by atoms with Gasteiger partial charge in [0.2, 0.25) is 17.4 Å². The topological polar surface area (TPSA) is 79.5 Å². The number of fused-ring (bicyclic) bond motifs is 2. The number of aryl methyl sites for hydroxylation is 2. The second-order valence-electron chi connectivity index (χ2n) is 6.55. The zero-order valence-electron chi connectivity index (χ0n) is 14.3. The molecule has 2 aromatic rings. The van der Waals surface area contributed by atoms with Gasteiger partial charge in [-0.15, -0.1) is 0 Å². The van der Waals surface area contributed by atoms with Crippen molar-refractivity contribution >= 4 is 11.6 Å². The number of rotatable bonds is 3. The molecule has 1 aromatic heterocycles. The van der Waals surface area contributed by atoms with E-state index in [0.29, 0.717) is 24.5 Å². The monoisotopic (exact) mass is 364 g/mol. The highest BCUT2D eigenvalue weighted by atomic mass is 19.1. The van der Waals surface area contributed by atoms with Crippen LogP contribution < -0.4 is 14.8 Å². The van der Waals surface area contributed by atoms with E-state index in [0.717, 1.165) is 17.8 Å². The summed E-state index contributed by atoms with van der Waals surface area (Å²) >= 11 is 0. The highest BCUT2D eigenvalue weighted by Gasteiger charge is 2.42. The van der Waals surface area contributed by atoms with Gasteiger partial charge in [-0.25, -0.2) is 8.78 Å². The van der Waals surface area contributed by atoms with Crippen LogP contribution in [-0.4, -0.2) is 52.8 Å². The molecule has 1 aromatic carbocycles. The number of nitrogens with one attached hydrogen (secondary N) is 2. The third-order valence-electron chi connectivity index (χ3n) is 4.61. The highest BCUT2D eigenvalue weighted by Crippen LogP contribution is 2.40. The minimum absolute atomic E-state index is 0.116. The average molecular weight is 364 g/mol. The number of hydrogen-bond acceptors (Lipinski definition) is 5. The van der Waals surface area contributed by atoms with Gasteiger partial charge in [-0.1, -0.05) is 0 Å². The molecule has 0 bridgehead atoms. The number of aromatic amines is 1. The van der Waals surface area contributed by atoms with Gasteiger partial charge < -0.3 is 14.8 Å². The summed E-state index contributed by atoms with van der Waals surface area (Å²) in [6, 6.07) is 2.02. The molecule has 26 heavy (non-hydrogen) atoms. The zero-order valence-corrected chi connectivity index (χ0v) is 14.3. The van der Waals surface area contributed by atoms with Crippen LogP contribution in [0.1, 0.15) is 11.4 Å². The van der Waals surface area contributed by atoms with E-state index in [-0.39, 0.29) is 24.0 Å². The van der Waals surface area contributed by atoms with Gasteiger partial charge in [-0.2, -0.15) is 5.10 Å². The van der Waals surface area contributed by atoms with Crippen molar-refractivity contribution < 1.29 is 23.0 Å². The normalized spacial score (nSPS) is 21.5. The maximum atomic E-state index is 13.8. The van der Waals surface area contributed by atoms with Crippen molar-refractivity contribution in [2.75, 3.05) is 25.0 Å². The minimum atomic E-state index is -0.665. The number of H-pyrrole nitrogens is 1. The summed E-state index contributed by atoms with van der Waals surface area (Å²) < 4.78 is 38.9. The van der Waals surface area contributed by atoms with Gasteiger partial charge >= 0.3 is 0 Å². The van der Waals surface area contributed by atoms with E-state index in [1.807, 2.05) is 11.8 Å². The Hall–Kier alpha value is -2.68. The van der Waals surface area contributed by atoms with Crippen molar-refractivity contribution in [2.24, 2.45) is 0 Å². The van der Waals surface area contributed by atoms with Crippen molar-refractivity contribution in [3.63, 3.8) is 0 Å². The Balaban J connectivity index is 1.41. The Labute approximate surface area is 148 Å². The molecule has 4 rings (SSSR count). The van der Waals surface area contributed by atoms with Crippen molar-refractivity contribution in [3.05, 3.63) is 35.2 Å². The smallest absolute Gasteiger partial charge is 0.238 e. The number of carbonyl (C=O) groups excluding carboxylic acids is 1. The Morgan fingerprint density at radius 1 is 1.23 bits per heavy atom. The lowest BCUT2D eigenvalue weighted by atomic mass is 10.2. The highest BCUT2D eigenvalue weighted by molar-refractivity contribution is 5.93. The number of aromatic nitrogens is 2. The van der Waals surface area contributed by atoms with Gasteiger partial charge in [-0.05, 0) is 26.0 Å². The maximum Gasteiger partial charge on any atom is 0.238 e. The van der Waals surface area contributed by atoms with Crippen LogP contribution in [0.2, 0.25) is 0 Å². The largest absolute Gasteiger partial charge is 0.478 e. The first-order chi connectivity index (χ1) is 12.4. The molecular weight excluding hydrogens is 346 g/mol. The molecule has 7 nitrogen and oxygen atoms in total.